The summed E-state index contributed by atoms with van der Waals surface area (Å²) in [6, 6.07) is -0.888. The average Bonchev–Trinajstić information content (AvgIpc) is 2.95. The fourth-order valence-corrected chi connectivity index (χ4v) is 5.42. The molecule has 6 nitrogen and oxygen atoms in total. The van der Waals surface area contributed by atoms with Crippen LogP contribution in [0.2, 0.25) is 0 Å². The van der Waals surface area contributed by atoms with Crippen molar-refractivity contribution in [1.82, 2.24) is 5.32 Å². The molecule has 0 aliphatic carbocycles. The Kier molecular flexibility index (Phi) is 28.7. The highest BCUT2D eigenvalue weighted by Gasteiger charge is 2.24. The summed E-state index contributed by atoms with van der Waals surface area (Å²) in [6.07, 6.45) is 27.9. The minimum Gasteiger partial charge on any atom is -0.481 e. The van der Waals surface area contributed by atoms with Crippen LogP contribution >= 0.6 is 0 Å². The number of carboxylic acids is 1. The Labute approximate surface area is 253 Å². The Morgan fingerprint density at radius 1 is 0.561 bits per heavy atom. The Morgan fingerprint density at radius 2 is 0.976 bits per heavy atom. The molecule has 0 aromatic rings. The van der Waals surface area contributed by atoms with Crippen LogP contribution in [0.1, 0.15) is 188 Å². The molecular formula is C35H67NO5. The second kappa shape index (κ2) is 29.9. The second-order valence-corrected chi connectivity index (χ2v) is 12.2. The van der Waals surface area contributed by atoms with Gasteiger partial charge in [0.2, 0.25) is 5.91 Å². The number of nitrogens with one attached hydrogen (secondary N) is 1. The first-order valence-corrected chi connectivity index (χ1v) is 17.6. The van der Waals surface area contributed by atoms with Crippen molar-refractivity contribution < 1.29 is 24.2 Å². The van der Waals surface area contributed by atoms with Gasteiger partial charge < -0.3 is 15.2 Å². The molecule has 0 aliphatic rings. The molecule has 0 saturated carbocycles. The summed E-state index contributed by atoms with van der Waals surface area (Å²) in [5, 5.41) is 12.0. The summed E-state index contributed by atoms with van der Waals surface area (Å²) in [4.78, 5) is 36.8. The molecule has 0 radical (unpaired) electrons. The van der Waals surface area contributed by atoms with E-state index in [-0.39, 0.29) is 18.7 Å². The molecule has 0 aromatic carbocycles. The molecule has 0 bridgehead atoms. The minimum absolute atomic E-state index is 0.0667. The summed E-state index contributed by atoms with van der Waals surface area (Å²) < 4.78 is 5.74. The van der Waals surface area contributed by atoms with Gasteiger partial charge in [0, 0.05) is 12.8 Å². The molecule has 0 aromatic heterocycles. The van der Waals surface area contributed by atoms with Gasteiger partial charge in [0.15, 0.2) is 0 Å². The molecule has 0 aliphatic heterocycles. The van der Waals surface area contributed by atoms with E-state index in [0.29, 0.717) is 18.9 Å². The van der Waals surface area contributed by atoms with Gasteiger partial charge in [-0.2, -0.15) is 0 Å². The van der Waals surface area contributed by atoms with E-state index in [1.807, 2.05) is 0 Å². The summed E-state index contributed by atoms with van der Waals surface area (Å²) >= 11 is 0. The van der Waals surface area contributed by atoms with Crippen molar-refractivity contribution in [3.8, 4) is 0 Å². The normalized spacial score (nSPS) is 12.0. The maximum absolute atomic E-state index is 13.0. The van der Waals surface area contributed by atoms with E-state index in [1.54, 1.807) is 0 Å². The van der Waals surface area contributed by atoms with Crippen LogP contribution in [-0.4, -0.2) is 35.6 Å². The lowest BCUT2D eigenvalue weighted by atomic mass is 9.94. The van der Waals surface area contributed by atoms with Crippen molar-refractivity contribution in [2.75, 3.05) is 6.61 Å². The third-order valence-corrected chi connectivity index (χ3v) is 8.17. The molecule has 41 heavy (non-hydrogen) atoms. The lowest BCUT2D eigenvalue weighted by Gasteiger charge is -2.21. The van der Waals surface area contributed by atoms with Gasteiger partial charge in [0.1, 0.15) is 6.04 Å². The lowest BCUT2D eigenvalue weighted by molar-refractivity contribution is -0.150. The van der Waals surface area contributed by atoms with Gasteiger partial charge in [-0.15, -0.1) is 0 Å². The topological polar surface area (TPSA) is 92.7 Å². The number of rotatable bonds is 31. The van der Waals surface area contributed by atoms with Gasteiger partial charge >= 0.3 is 11.9 Å². The monoisotopic (exact) mass is 582 g/mol. The van der Waals surface area contributed by atoms with E-state index < -0.39 is 18.0 Å². The fourth-order valence-electron chi connectivity index (χ4n) is 5.42. The average molecular weight is 582 g/mol. The highest BCUT2D eigenvalue weighted by atomic mass is 16.5. The summed E-state index contributed by atoms with van der Waals surface area (Å²) in [5.41, 5.74) is 0. The lowest BCUT2D eigenvalue weighted by Crippen LogP contribution is -2.42. The molecule has 2 N–H and O–H groups in total. The maximum atomic E-state index is 13.0. The van der Waals surface area contributed by atoms with Crippen LogP contribution in [-0.2, 0) is 19.1 Å². The second-order valence-electron chi connectivity index (χ2n) is 12.2. The molecule has 0 saturated heterocycles. The van der Waals surface area contributed by atoms with Gasteiger partial charge in [0.05, 0.1) is 6.61 Å². The Balaban J connectivity index is 4.64. The first-order valence-electron chi connectivity index (χ1n) is 17.6. The number of amides is 1. The van der Waals surface area contributed by atoms with E-state index >= 15 is 0 Å². The van der Waals surface area contributed by atoms with E-state index in [0.717, 1.165) is 44.9 Å². The molecule has 0 spiro atoms. The van der Waals surface area contributed by atoms with Gasteiger partial charge in [-0.3, -0.25) is 9.59 Å². The predicted octanol–water partition coefficient (Wildman–Crippen LogP) is 9.92. The SMILES string of the molecule is CCCCCCCCCCCC(=O)NC(CCC(=O)O)C(=O)OCC(CCCCCCCC)CCCCCCCC. The maximum Gasteiger partial charge on any atom is 0.328 e. The van der Waals surface area contributed by atoms with Crippen LogP contribution in [0.15, 0.2) is 0 Å². The van der Waals surface area contributed by atoms with Crippen molar-refractivity contribution in [3.05, 3.63) is 0 Å². The summed E-state index contributed by atoms with van der Waals surface area (Å²) in [6.45, 7) is 7.05. The number of carbonyl (C=O) groups is 3. The van der Waals surface area contributed by atoms with Crippen LogP contribution in [0.4, 0.5) is 0 Å². The Bertz CT molecular complexity index is 608. The predicted molar refractivity (Wildman–Crippen MR) is 171 cm³/mol. The van der Waals surface area contributed by atoms with Gasteiger partial charge in [-0.1, -0.05) is 149 Å². The Morgan fingerprint density at radius 3 is 1.41 bits per heavy atom. The van der Waals surface area contributed by atoms with Crippen molar-refractivity contribution >= 4 is 17.8 Å². The summed E-state index contributed by atoms with van der Waals surface area (Å²) in [7, 11) is 0. The van der Waals surface area contributed by atoms with E-state index in [2.05, 4.69) is 26.1 Å². The number of aliphatic carboxylic acids is 1. The van der Waals surface area contributed by atoms with Gasteiger partial charge in [-0.05, 0) is 31.6 Å². The zero-order valence-corrected chi connectivity index (χ0v) is 27.3. The molecule has 1 unspecified atom stereocenters. The standard InChI is InChI=1S/C35H67NO5/c1-4-7-10-13-16-17-18-21-24-27-33(37)36-32(28-29-34(38)39)35(40)41-30-31(25-22-19-14-11-8-5-2)26-23-20-15-12-9-6-3/h31-32H,4-30H2,1-3H3,(H,36,37)(H,38,39). The van der Waals surface area contributed by atoms with E-state index in [4.69, 9.17) is 4.74 Å². The van der Waals surface area contributed by atoms with Crippen molar-refractivity contribution in [2.45, 2.75) is 194 Å². The van der Waals surface area contributed by atoms with Crippen LogP contribution in [0.3, 0.4) is 0 Å². The molecule has 1 amide bonds. The third kappa shape index (κ3) is 27.0. The molecule has 0 heterocycles. The number of esters is 1. The van der Waals surface area contributed by atoms with E-state index in [9.17, 15) is 19.5 Å². The van der Waals surface area contributed by atoms with Crippen molar-refractivity contribution in [1.29, 1.82) is 0 Å². The minimum atomic E-state index is -0.972. The van der Waals surface area contributed by atoms with Crippen LogP contribution < -0.4 is 5.32 Å². The highest BCUT2D eigenvalue weighted by Crippen LogP contribution is 2.20. The molecule has 1 atom stereocenters. The third-order valence-electron chi connectivity index (χ3n) is 8.17. The molecule has 0 fully saturated rings. The smallest absolute Gasteiger partial charge is 0.328 e. The molecular weight excluding hydrogens is 514 g/mol. The fraction of sp³-hybridized carbons (Fsp3) is 0.914. The number of hydrogen-bond acceptors (Lipinski definition) is 4. The zero-order chi connectivity index (χ0) is 30.4. The number of ether oxygens (including phenoxy) is 1. The number of hydrogen-bond donors (Lipinski definition) is 2. The molecule has 242 valence electrons. The van der Waals surface area contributed by atoms with Crippen molar-refractivity contribution in [3.63, 3.8) is 0 Å². The largest absolute Gasteiger partial charge is 0.481 e. The number of carboxylic acid groups (broad SMARTS) is 1. The zero-order valence-electron chi connectivity index (χ0n) is 27.3. The van der Waals surface area contributed by atoms with Crippen LogP contribution in [0.25, 0.3) is 0 Å². The van der Waals surface area contributed by atoms with Crippen LogP contribution in [0.5, 0.6) is 0 Å². The van der Waals surface area contributed by atoms with Gasteiger partial charge in [-0.25, -0.2) is 4.79 Å². The number of carbonyl (C=O) groups excluding carboxylic acids is 2. The number of unbranched alkanes of at least 4 members (excludes halogenated alkanes) is 18. The first kappa shape index (κ1) is 39.4. The quantitative estimate of drug-likeness (QED) is 0.0628. The summed E-state index contributed by atoms with van der Waals surface area (Å²) in [5.74, 6) is -1.31. The molecule has 0 rings (SSSR count). The first-order chi connectivity index (χ1) is 19.9. The van der Waals surface area contributed by atoms with Crippen molar-refractivity contribution in [2.24, 2.45) is 5.92 Å². The van der Waals surface area contributed by atoms with E-state index in [1.165, 1.54) is 103 Å². The highest BCUT2D eigenvalue weighted by molar-refractivity contribution is 5.84. The van der Waals surface area contributed by atoms with Crippen LogP contribution in [0, 0.1) is 5.92 Å². The van der Waals surface area contributed by atoms with Gasteiger partial charge in [0.25, 0.3) is 0 Å². The Hall–Kier alpha value is -1.59. The molecule has 6 heteroatoms.